The van der Waals surface area contributed by atoms with Crippen molar-refractivity contribution < 1.29 is 9.90 Å². The van der Waals surface area contributed by atoms with Crippen LogP contribution in [0.5, 0.6) is 0 Å². The molecule has 20 heavy (non-hydrogen) atoms. The molecule has 0 radical (unpaired) electrons. The van der Waals surface area contributed by atoms with Crippen LogP contribution in [0.2, 0.25) is 0 Å². The Kier molecular flexibility index (Phi) is 5.18. The molecular formula is C17H25NO2. The van der Waals surface area contributed by atoms with Crippen molar-refractivity contribution in [3.63, 3.8) is 0 Å². The van der Waals surface area contributed by atoms with Gasteiger partial charge in [-0.25, -0.2) is 0 Å². The summed E-state index contributed by atoms with van der Waals surface area (Å²) in [6.45, 7) is 1.77. The zero-order chi connectivity index (χ0) is 14.4. The number of aliphatic carboxylic acids is 1. The fourth-order valence-electron chi connectivity index (χ4n) is 3.54. The lowest BCUT2D eigenvalue weighted by molar-refractivity contribution is -0.140. The van der Waals surface area contributed by atoms with Crippen molar-refractivity contribution in [1.29, 1.82) is 0 Å². The van der Waals surface area contributed by atoms with Gasteiger partial charge in [-0.2, -0.15) is 0 Å². The first kappa shape index (κ1) is 15.0. The molecule has 1 fully saturated rings. The number of benzene rings is 1. The minimum Gasteiger partial charge on any atom is -0.481 e. The number of hydrogen-bond donors (Lipinski definition) is 1. The largest absolute Gasteiger partial charge is 0.481 e. The number of hydrogen-bond acceptors (Lipinski definition) is 2. The molecule has 0 saturated heterocycles. The molecule has 0 spiro atoms. The summed E-state index contributed by atoms with van der Waals surface area (Å²) in [6, 6.07) is 10.4. The third-order valence-corrected chi connectivity index (χ3v) is 4.34. The van der Waals surface area contributed by atoms with Gasteiger partial charge < -0.3 is 10.0 Å². The van der Waals surface area contributed by atoms with Crippen LogP contribution in [-0.4, -0.2) is 29.6 Å². The molecule has 3 nitrogen and oxygen atoms in total. The SMILES string of the molecule is CN(Cc1ccccc1)CC1(CC(=O)O)CCCCC1. The molecule has 1 aliphatic rings. The van der Waals surface area contributed by atoms with Crippen molar-refractivity contribution in [1.82, 2.24) is 4.90 Å². The van der Waals surface area contributed by atoms with Crippen LogP contribution in [0.1, 0.15) is 44.1 Å². The smallest absolute Gasteiger partial charge is 0.303 e. The van der Waals surface area contributed by atoms with Crippen LogP contribution in [0.15, 0.2) is 30.3 Å². The molecule has 0 aliphatic heterocycles. The van der Waals surface area contributed by atoms with Gasteiger partial charge in [0.25, 0.3) is 0 Å². The van der Waals surface area contributed by atoms with E-state index in [1.165, 1.54) is 24.8 Å². The Labute approximate surface area is 121 Å². The maximum atomic E-state index is 11.2. The lowest BCUT2D eigenvalue weighted by atomic mass is 9.71. The second kappa shape index (κ2) is 6.89. The van der Waals surface area contributed by atoms with E-state index in [0.717, 1.165) is 25.9 Å². The van der Waals surface area contributed by atoms with Crippen LogP contribution in [0.3, 0.4) is 0 Å². The molecular weight excluding hydrogens is 250 g/mol. The maximum absolute atomic E-state index is 11.2. The third-order valence-electron chi connectivity index (χ3n) is 4.34. The number of carboxylic acid groups (broad SMARTS) is 1. The number of rotatable bonds is 6. The first-order valence-corrected chi connectivity index (χ1v) is 7.54. The molecule has 1 saturated carbocycles. The number of carbonyl (C=O) groups is 1. The Morgan fingerprint density at radius 1 is 1.20 bits per heavy atom. The van der Waals surface area contributed by atoms with Gasteiger partial charge in [0, 0.05) is 13.1 Å². The van der Waals surface area contributed by atoms with Crippen LogP contribution in [0, 0.1) is 5.41 Å². The van der Waals surface area contributed by atoms with Gasteiger partial charge in [-0.1, -0.05) is 49.6 Å². The first-order valence-electron chi connectivity index (χ1n) is 7.54. The van der Waals surface area contributed by atoms with Crippen LogP contribution in [0.25, 0.3) is 0 Å². The molecule has 0 heterocycles. The summed E-state index contributed by atoms with van der Waals surface area (Å²) in [4.78, 5) is 13.5. The van der Waals surface area contributed by atoms with E-state index in [4.69, 9.17) is 0 Å². The lowest BCUT2D eigenvalue weighted by Crippen LogP contribution is -2.38. The van der Waals surface area contributed by atoms with E-state index in [0.29, 0.717) is 6.42 Å². The quantitative estimate of drug-likeness (QED) is 0.863. The highest BCUT2D eigenvalue weighted by Gasteiger charge is 2.35. The zero-order valence-corrected chi connectivity index (χ0v) is 12.3. The average Bonchev–Trinajstić information content (AvgIpc) is 2.39. The molecule has 0 atom stereocenters. The topological polar surface area (TPSA) is 40.5 Å². The molecule has 0 amide bonds. The standard InChI is InChI=1S/C17H25NO2/c1-18(13-15-8-4-2-5-9-15)14-17(12-16(19)20)10-6-3-7-11-17/h2,4-5,8-9H,3,6-7,10-14H2,1H3,(H,19,20). The Bertz CT molecular complexity index is 424. The van der Waals surface area contributed by atoms with Gasteiger partial charge in [-0.05, 0) is 30.9 Å². The van der Waals surface area contributed by atoms with Crippen molar-refractivity contribution >= 4 is 5.97 Å². The van der Waals surface area contributed by atoms with Crippen molar-refractivity contribution in [3.8, 4) is 0 Å². The molecule has 1 aromatic carbocycles. The predicted molar refractivity (Wildman–Crippen MR) is 80.5 cm³/mol. The molecule has 1 aromatic rings. The summed E-state index contributed by atoms with van der Waals surface area (Å²) in [5, 5.41) is 9.22. The van der Waals surface area contributed by atoms with E-state index in [2.05, 4.69) is 36.2 Å². The van der Waals surface area contributed by atoms with E-state index >= 15 is 0 Å². The second-order valence-corrected chi connectivity index (χ2v) is 6.29. The fraction of sp³-hybridized carbons (Fsp3) is 0.588. The van der Waals surface area contributed by atoms with Crippen molar-refractivity contribution in [2.24, 2.45) is 5.41 Å². The van der Waals surface area contributed by atoms with Crippen molar-refractivity contribution in [2.75, 3.05) is 13.6 Å². The Morgan fingerprint density at radius 3 is 2.45 bits per heavy atom. The molecule has 1 aliphatic carbocycles. The van der Waals surface area contributed by atoms with E-state index in [9.17, 15) is 9.90 Å². The van der Waals surface area contributed by atoms with Crippen LogP contribution >= 0.6 is 0 Å². The van der Waals surface area contributed by atoms with Gasteiger partial charge in [-0.15, -0.1) is 0 Å². The second-order valence-electron chi connectivity index (χ2n) is 6.29. The van der Waals surface area contributed by atoms with Gasteiger partial charge >= 0.3 is 5.97 Å². The molecule has 0 unspecified atom stereocenters. The monoisotopic (exact) mass is 275 g/mol. The van der Waals surface area contributed by atoms with Crippen molar-refractivity contribution in [3.05, 3.63) is 35.9 Å². The van der Waals surface area contributed by atoms with Gasteiger partial charge in [0.05, 0.1) is 6.42 Å². The summed E-state index contributed by atoms with van der Waals surface area (Å²) in [7, 11) is 2.10. The maximum Gasteiger partial charge on any atom is 0.303 e. The molecule has 0 aromatic heterocycles. The Hall–Kier alpha value is -1.35. The Balaban J connectivity index is 1.98. The van der Waals surface area contributed by atoms with Crippen LogP contribution in [-0.2, 0) is 11.3 Å². The van der Waals surface area contributed by atoms with Crippen LogP contribution in [0.4, 0.5) is 0 Å². The molecule has 0 bridgehead atoms. The van der Waals surface area contributed by atoms with Gasteiger partial charge in [0.2, 0.25) is 0 Å². The summed E-state index contributed by atoms with van der Waals surface area (Å²) in [5.74, 6) is -0.653. The van der Waals surface area contributed by atoms with Gasteiger partial charge in [0.1, 0.15) is 0 Å². The summed E-state index contributed by atoms with van der Waals surface area (Å²) >= 11 is 0. The normalized spacial score (nSPS) is 18.1. The molecule has 2 rings (SSSR count). The minimum atomic E-state index is -0.653. The molecule has 1 N–H and O–H groups in total. The zero-order valence-electron chi connectivity index (χ0n) is 12.3. The average molecular weight is 275 g/mol. The van der Waals surface area contributed by atoms with Gasteiger partial charge in [-0.3, -0.25) is 4.79 Å². The van der Waals surface area contributed by atoms with Gasteiger partial charge in [0.15, 0.2) is 0 Å². The number of nitrogens with zero attached hydrogens (tertiary/aromatic N) is 1. The Morgan fingerprint density at radius 2 is 1.85 bits per heavy atom. The molecule has 3 heteroatoms. The summed E-state index contributed by atoms with van der Waals surface area (Å²) < 4.78 is 0. The first-order chi connectivity index (χ1) is 9.60. The van der Waals surface area contributed by atoms with Crippen molar-refractivity contribution in [2.45, 2.75) is 45.1 Å². The fourth-order valence-corrected chi connectivity index (χ4v) is 3.54. The summed E-state index contributed by atoms with van der Waals surface area (Å²) in [5.41, 5.74) is 1.27. The summed E-state index contributed by atoms with van der Waals surface area (Å²) in [6.07, 6.45) is 6.02. The van der Waals surface area contributed by atoms with E-state index < -0.39 is 5.97 Å². The predicted octanol–water partition coefficient (Wildman–Crippen LogP) is 3.54. The highest BCUT2D eigenvalue weighted by molar-refractivity contribution is 5.67. The third kappa shape index (κ3) is 4.34. The lowest BCUT2D eigenvalue weighted by Gasteiger charge is -2.39. The van der Waals surface area contributed by atoms with E-state index in [-0.39, 0.29) is 5.41 Å². The highest BCUT2D eigenvalue weighted by Crippen LogP contribution is 2.40. The minimum absolute atomic E-state index is 0.0202. The van der Waals surface area contributed by atoms with E-state index in [1.54, 1.807) is 0 Å². The molecule has 110 valence electrons. The highest BCUT2D eigenvalue weighted by atomic mass is 16.4. The van der Waals surface area contributed by atoms with Crippen LogP contribution < -0.4 is 0 Å². The number of carboxylic acids is 1. The van der Waals surface area contributed by atoms with E-state index in [1.807, 2.05) is 6.07 Å².